The van der Waals surface area contributed by atoms with Crippen molar-refractivity contribution in [2.45, 2.75) is 18.9 Å². The number of halogens is 1. The molecule has 31 heavy (non-hydrogen) atoms. The summed E-state index contributed by atoms with van der Waals surface area (Å²) in [7, 11) is 0. The Morgan fingerprint density at radius 1 is 1.29 bits per heavy atom. The third kappa shape index (κ3) is 5.75. The fourth-order valence-corrected chi connectivity index (χ4v) is 3.22. The standard InChI is InChI=1S/C22H22ClN5O3/c1-2-7-18(25-12-6-13-31-22(24)30)20-26-19-14-15(23)10-11-17(19)21(29)28(20)27-16-8-4-3-5-9-16/h1,3-5,8-11,14,18,25,27H,6-7,12-13H2,(H2,24,30). The van der Waals surface area contributed by atoms with Gasteiger partial charge in [0.05, 0.1) is 29.2 Å². The summed E-state index contributed by atoms with van der Waals surface area (Å²) in [4.78, 5) is 28.7. The number of anilines is 1. The van der Waals surface area contributed by atoms with Crippen LogP contribution in [0.15, 0.2) is 53.3 Å². The maximum Gasteiger partial charge on any atom is 0.404 e. The monoisotopic (exact) mass is 439 g/mol. The molecule has 0 spiro atoms. The highest BCUT2D eigenvalue weighted by atomic mass is 35.5. The van der Waals surface area contributed by atoms with E-state index in [0.717, 1.165) is 5.69 Å². The molecule has 4 N–H and O–H groups in total. The van der Waals surface area contributed by atoms with Crippen molar-refractivity contribution in [1.29, 1.82) is 0 Å². The Labute approximate surface area is 184 Å². The second kappa shape index (κ2) is 10.5. The van der Waals surface area contributed by atoms with E-state index in [1.165, 1.54) is 4.68 Å². The van der Waals surface area contributed by atoms with Gasteiger partial charge in [-0.3, -0.25) is 10.2 Å². The number of nitrogens with zero attached hydrogens (tertiary/aromatic N) is 2. The molecule has 0 aliphatic heterocycles. The van der Waals surface area contributed by atoms with E-state index in [0.29, 0.717) is 34.7 Å². The van der Waals surface area contributed by atoms with Crippen molar-refractivity contribution in [2.75, 3.05) is 18.6 Å². The van der Waals surface area contributed by atoms with Gasteiger partial charge in [0.25, 0.3) is 5.56 Å². The van der Waals surface area contributed by atoms with Crippen LogP contribution in [0, 0.1) is 12.3 Å². The number of amides is 1. The number of primary amides is 1. The van der Waals surface area contributed by atoms with Gasteiger partial charge in [-0.25, -0.2) is 14.5 Å². The predicted octanol–water partition coefficient (Wildman–Crippen LogP) is 3.06. The summed E-state index contributed by atoms with van der Waals surface area (Å²) in [6, 6.07) is 13.8. The Morgan fingerprint density at radius 3 is 2.77 bits per heavy atom. The molecule has 1 amide bonds. The molecule has 1 atom stereocenters. The van der Waals surface area contributed by atoms with Gasteiger partial charge in [0, 0.05) is 11.4 Å². The van der Waals surface area contributed by atoms with Crippen LogP contribution in [0.5, 0.6) is 0 Å². The molecule has 8 nitrogen and oxygen atoms in total. The number of terminal acetylenes is 1. The van der Waals surface area contributed by atoms with E-state index in [9.17, 15) is 9.59 Å². The van der Waals surface area contributed by atoms with Crippen LogP contribution in [-0.2, 0) is 4.74 Å². The fraction of sp³-hybridized carbons (Fsp3) is 0.227. The van der Waals surface area contributed by atoms with Gasteiger partial charge < -0.3 is 15.8 Å². The van der Waals surface area contributed by atoms with Crippen LogP contribution < -0.4 is 22.0 Å². The van der Waals surface area contributed by atoms with Gasteiger partial charge in [-0.1, -0.05) is 29.8 Å². The van der Waals surface area contributed by atoms with Crippen LogP contribution in [0.1, 0.15) is 24.7 Å². The first-order chi connectivity index (χ1) is 15.0. The van der Waals surface area contributed by atoms with Gasteiger partial charge in [-0.05, 0) is 43.3 Å². The van der Waals surface area contributed by atoms with Gasteiger partial charge in [-0.2, -0.15) is 0 Å². The van der Waals surface area contributed by atoms with E-state index >= 15 is 0 Å². The van der Waals surface area contributed by atoms with E-state index in [1.807, 2.05) is 30.3 Å². The Kier molecular flexibility index (Phi) is 7.49. The molecular weight excluding hydrogens is 418 g/mol. The minimum atomic E-state index is -0.825. The van der Waals surface area contributed by atoms with Crippen LogP contribution >= 0.6 is 11.6 Å². The molecular formula is C22H22ClN5O3. The summed E-state index contributed by atoms with van der Waals surface area (Å²) >= 11 is 6.11. The summed E-state index contributed by atoms with van der Waals surface area (Å²) in [6.07, 6.45) is 5.55. The Balaban J connectivity index is 1.99. The van der Waals surface area contributed by atoms with Crippen molar-refractivity contribution in [3.63, 3.8) is 0 Å². The Hall–Kier alpha value is -3.54. The zero-order valence-corrected chi connectivity index (χ0v) is 17.4. The number of ether oxygens (including phenoxy) is 1. The SMILES string of the molecule is C#CCC(NCCCOC(N)=O)c1nc2cc(Cl)ccc2c(=O)n1Nc1ccccc1. The minimum Gasteiger partial charge on any atom is -0.450 e. The maximum absolute atomic E-state index is 13.3. The molecule has 0 bridgehead atoms. The first kappa shape index (κ1) is 22.2. The zero-order chi connectivity index (χ0) is 22.2. The summed E-state index contributed by atoms with van der Waals surface area (Å²) in [5, 5.41) is 4.17. The summed E-state index contributed by atoms with van der Waals surface area (Å²) < 4.78 is 6.13. The van der Waals surface area contributed by atoms with E-state index < -0.39 is 12.1 Å². The molecule has 0 saturated heterocycles. The molecule has 3 rings (SSSR count). The molecule has 0 aliphatic rings. The van der Waals surface area contributed by atoms with Gasteiger partial charge in [-0.15, -0.1) is 12.3 Å². The van der Waals surface area contributed by atoms with E-state index in [2.05, 4.69) is 16.7 Å². The molecule has 1 unspecified atom stereocenters. The Bertz CT molecular complexity index is 1160. The number of hydrogen-bond acceptors (Lipinski definition) is 6. The number of aromatic nitrogens is 2. The van der Waals surface area contributed by atoms with E-state index in [-0.39, 0.29) is 18.6 Å². The smallest absolute Gasteiger partial charge is 0.404 e. The van der Waals surface area contributed by atoms with Crippen LogP contribution in [0.2, 0.25) is 5.02 Å². The number of hydrogen-bond donors (Lipinski definition) is 3. The second-order valence-corrected chi connectivity index (χ2v) is 7.12. The lowest BCUT2D eigenvalue weighted by Gasteiger charge is -2.22. The number of benzene rings is 2. The van der Waals surface area contributed by atoms with Crippen LogP contribution in [0.25, 0.3) is 10.9 Å². The third-order valence-corrected chi connectivity index (χ3v) is 4.70. The number of carbonyl (C=O) groups excluding carboxylic acids is 1. The van der Waals surface area contributed by atoms with E-state index in [4.69, 9.17) is 33.5 Å². The first-order valence-corrected chi connectivity index (χ1v) is 10.0. The second-order valence-electron chi connectivity index (χ2n) is 6.69. The summed E-state index contributed by atoms with van der Waals surface area (Å²) in [5.74, 6) is 3.03. The lowest BCUT2D eigenvalue weighted by Crippen LogP contribution is -2.36. The molecule has 1 aromatic heterocycles. The van der Waals surface area contributed by atoms with Crippen molar-refractivity contribution in [3.8, 4) is 12.3 Å². The fourth-order valence-electron chi connectivity index (χ4n) is 3.05. The maximum atomic E-state index is 13.3. The van der Waals surface area contributed by atoms with Crippen molar-refractivity contribution < 1.29 is 9.53 Å². The molecule has 0 radical (unpaired) electrons. The molecule has 0 fully saturated rings. The van der Waals surface area contributed by atoms with Gasteiger partial charge in [0.1, 0.15) is 5.82 Å². The molecule has 9 heteroatoms. The topological polar surface area (TPSA) is 111 Å². The lowest BCUT2D eigenvalue weighted by atomic mass is 10.1. The highest BCUT2D eigenvalue weighted by Gasteiger charge is 2.20. The number of carbonyl (C=O) groups is 1. The predicted molar refractivity (Wildman–Crippen MR) is 121 cm³/mol. The van der Waals surface area contributed by atoms with Crippen molar-refractivity contribution >= 4 is 34.3 Å². The Morgan fingerprint density at radius 2 is 2.06 bits per heavy atom. The van der Waals surface area contributed by atoms with Crippen LogP contribution in [0.4, 0.5) is 10.5 Å². The average molecular weight is 440 g/mol. The van der Waals surface area contributed by atoms with Gasteiger partial charge in [0.15, 0.2) is 0 Å². The quantitative estimate of drug-likeness (QED) is 0.349. The molecule has 2 aromatic carbocycles. The molecule has 3 aromatic rings. The largest absolute Gasteiger partial charge is 0.450 e. The molecule has 0 aliphatic carbocycles. The minimum absolute atomic E-state index is 0.168. The van der Waals surface area contributed by atoms with Crippen molar-refractivity contribution in [2.24, 2.45) is 5.73 Å². The number of nitrogens with two attached hydrogens (primary N) is 1. The van der Waals surface area contributed by atoms with Crippen molar-refractivity contribution in [3.05, 3.63) is 69.7 Å². The first-order valence-electron chi connectivity index (χ1n) is 9.63. The van der Waals surface area contributed by atoms with E-state index in [1.54, 1.807) is 18.2 Å². The molecule has 0 saturated carbocycles. The number of rotatable bonds is 9. The highest BCUT2D eigenvalue weighted by Crippen LogP contribution is 2.20. The third-order valence-electron chi connectivity index (χ3n) is 4.46. The van der Waals surface area contributed by atoms with Crippen LogP contribution in [-0.4, -0.2) is 28.9 Å². The molecule has 160 valence electrons. The number of nitrogens with one attached hydrogen (secondary N) is 2. The number of fused-ring (bicyclic) bond motifs is 1. The number of para-hydroxylation sites is 1. The zero-order valence-electron chi connectivity index (χ0n) is 16.7. The summed E-state index contributed by atoms with van der Waals surface area (Å²) in [5.41, 5.74) is 9.00. The lowest BCUT2D eigenvalue weighted by molar-refractivity contribution is 0.155. The van der Waals surface area contributed by atoms with Crippen LogP contribution in [0.3, 0.4) is 0 Å². The van der Waals surface area contributed by atoms with Crippen molar-refractivity contribution in [1.82, 2.24) is 15.0 Å². The van der Waals surface area contributed by atoms with Gasteiger partial charge in [0.2, 0.25) is 0 Å². The molecule has 1 heterocycles. The highest BCUT2D eigenvalue weighted by molar-refractivity contribution is 6.31. The summed E-state index contributed by atoms with van der Waals surface area (Å²) in [6.45, 7) is 0.634. The average Bonchev–Trinajstić information content (AvgIpc) is 2.75. The normalized spacial score (nSPS) is 11.6. The van der Waals surface area contributed by atoms with Gasteiger partial charge >= 0.3 is 6.09 Å².